The smallest absolute Gasteiger partial charge is 0.164 e. The Labute approximate surface area is 134 Å². The van der Waals surface area contributed by atoms with Crippen molar-refractivity contribution in [2.24, 2.45) is 0 Å². The van der Waals surface area contributed by atoms with Gasteiger partial charge in [0, 0.05) is 10.6 Å². The average Bonchev–Trinajstić information content (AvgIpc) is 2.53. The summed E-state index contributed by atoms with van der Waals surface area (Å²) in [5.41, 5.74) is 1.77. The molecule has 22 heavy (non-hydrogen) atoms. The highest BCUT2D eigenvalue weighted by atomic mass is 35.5. The van der Waals surface area contributed by atoms with Crippen molar-refractivity contribution in [3.63, 3.8) is 0 Å². The molecule has 0 saturated heterocycles. The van der Waals surface area contributed by atoms with Gasteiger partial charge in [-0.25, -0.2) is 0 Å². The highest BCUT2D eigenvalue weighted by molar-refractivity contribution is 6.30. The highest BCUT2D eigenvalue weighted by Crippen LogP contribution is 2.48. The average molecular weight is 319 g/mol. The minimum atomic E-state index is -0.185. The molecule has 0 bridgehead atoms. The normalized spacial score (nSPS) is 21.7. The van der Waals surface area contributed by atoms with Crippen LogP contribution in [0.2, 0.25) is 5.02 Å². The van der Waals surface area contributed by atoms with Crippen LogP contribution in [0, 0.1) is 0 Å². The molecule has 0 heterocycles. The third-order valence-corrected chi connectivity index (χ3v) is 4.90. The number of phenolic OH excluding ortho intramolecular Hbond substituents is 3. The molecule has 1 fully saturated rings. The van der Waals surface area contributed by atoms with E-state index < -0.39 is 0 Å². The number of halogens is 1. The zero-order valence-electron chi connectivity index (χ0n) is 12.2. The van der Waals surface area contributed by atoms with Gasteiger partial charge in [-0.2, -0.15) is 0 Å². The fourth-order valence-corrected chi connectivity index (χ4v) is 3.56. The number of phenols is 3. The summed E-state index contributed by atoms with van der Waals surface area (Å²) in [5.74, 6) is 0.263. The number of rotatable bonds is 2. The Morgan fingerprint density at radius 1 is 0.727 bits per heavy atom. The Morgan fingerprint density at radius 3 is 1.91 bits per heavy atom. The van der Waals surface area contributed by atoms with Crippen LogP contribution in [0.3, 0.4) is 0 Å². The molecular weight excluding hydrogens is 300 g/mol. The van der Waals surface area contributed by atoms with Crippen LogP contribution in [-0.2, 0) is 0 Å². The van der Waals surface area contributed by atoms with Gasteiger partial charge in [-0.15, -0.1) is 0 Å². The van der Waals surface area contributed by atoms with Crippen molar-refractivity contribution < 1.29 is 15.3 Å². The molecule has 2 aromatic carbocycles. The molecule has 3 nitrogen and oxygen atoms in total. The molecule has 0 atom stereocenters. The van der Waals surface area contributed by atoms with E-state index in [-0.39, 0.29) is 23.2 Å². The second-order valence-corrected chi connectivity index (χ2v) is 6.40. The maximum Gasteiger partial charge on any atom is 0.164 e. The number of benzene rings is 2. The Balaban J connectivity index is 1.75. The van der Waals surface area contributed by atoms with E-state index in [1.165, 1.54) is 17.7 Å². The van der Waals surface area contributed by atoms with E-state index in [1.807, 2.05) is 12.1 Å². The molecule has 3 rings (SSSR count). The summed E-state index contributed by atoms with van der Waals surface area (Å²) in [6, 6.07) is 10.7. The number of hydrogen-bond acceptors (Lipinski definition) is 3. The first-order valence-electron chi connectivity index (χ1n) is 7.55. The maximum atomic E-state index is 10.0. The molecule has 2 aromatic rings. The van der Waals surface area contributed by atoms with Gasteiger partial charge in [0.05, 0.1) is 0 Å². The summed E-state index contributed by atoms with van der Waals surface area (Å²) in [6.07, 6.45) is 3.72. The molecule has 0 radical (unpaired) electrons. The molecule has 3 N–H and O–H groups in total. The van der Waals surface area contributed by atoms with Gasteiger partial charge in [0.25, 0.3) is 0 Å². The largest absolute Gasteiger partial charge is 0.508 e. The van der Waals surface area contributed by atoms with Gasteiger partial charge >= 0.3 is 0 Å². The van der Waals surface area contributed by atoms with Gasteiger partial charge in [0.1, 0.15) is 5.75 Å². The van der Waals surface area contributed by atoms with E-state index in [0.717, 1.165) is 30.7 Å². The SMILES string of the molecule is Oc1ccc(O)c(C2CCC(c3ccc(Cl)cc3)CC2)c1O. The van der Waals surface area contributed by atoms with Crippen molar-refractivity contribution in [1.82, 2.24) is 0 Å². The molecule has 0 amide bonds. The zero-order chi connectivity index (χ0) is 15.7. The molecule has 1 aliphatic rings. The summed E-state index contributed by atoms with van der Waals surface area (Å²) in [5, 5.41) is 30.4. The standard InChI is InChI=1S/C18H19ClO3/c19-14-7-5-12(6-8-14)11-1-3-13(4-2-11)17-15(20)9-10-16(21)18(17)22/h5-11,13,20-22H,1-4H2. The van der Waals surface area contributed by atoms with Gasteiger partial charge < -0.3 is 15.3 Å². The van der Waals surface area contributed by atoms with Crippen LogP contribution < -0.4 is 0 Å². The summed E-state index contributed by atoms with van der Waals surface area (Å²) in [7, 11) is 0. The molecule has 1 aliphatic carbocycles. The van der Waals surface area contributed by atoms with Crippen LogP contribution >= 0.6 is 11.6 Å². The van der Waals surface area contributed by atoms with E-state index in [4.69, 9.17) is 11.6 Å². The second kappa shape index (κ2) is 6.09. The maximum absolute atomic E-state index is 10.0. The Bertz CT molecular complexity index is 659. The Kier molecular flexibility index (Phi) is 4.16. The lowest BCUT2D eigenvalue weighted by Gasteiger charge is -2.30. The van der Waals surface area contributed by atoms with Crippen molar-refractivity contribution in [3.8, 4) is 17.2 Å². The lowest BCUT2D eigenvalue weighted by Crippen LogP contribution is -2.12. The predicted octanol–water partition coefficient (Wildman–Crippen LogP) is 4.90. The van der Waals surface area contributed by atoms with Crippen LogP contribution in [0.1, 0.15) is 48.6 Å². The summed E-state index contributed by atoms with van der Waals surface area (Å²) >= 11 is 5.92. The fourth-order valence-electron chi connectivity index (χ4n) is 3.44. The first-order chi connectivity index (χ1) is 10.6. The second-order valence-electron chi connectivity index (χ2n) is 5.97. The van der Waals surface area contributed by atoms with Crippen LogP contribution in [-0.4, -0.2) is 15.3 Å². The minimum Gasteiger partial charge on any atom is -0.508 e. The molecule has 4 heteroatoms. The van der Waals surface area contributed by atoms with Gasteiger partial charge in [0.15, 0.2) is 11.5 Å². The van der Waals surface area contributed by atoms with Gasteiger partial charge in [-0.05, 0) is 67.3 Å². The summed E-state index contributed by atoms with van der Waals surface area (Å²) < 4.78 is 0. The predicted molar refractivity (Wildman–Crippen MR) is 86.8 cm³/mol. The molecule has 0 aromatic heterocycles. The third-order valence-electron chi connectivity index (χ3n) is 4.65. The number of hydrogen-bond donors (Lipinski definition) is 3. The van der Waals surface area contributed by atoms with Crippen molar-refractivity contribution in [2.75, 3.05) is 0 Å². The van der Waals surface area contributed by atoms with E-state index in [1.54, 1.807) is 0 Å². The summed E-state index contributed by atoms with van der Waals surface area (Å²) in [4.78, 5) is 0. The van der Waals surface area contributed by atoms with E-state index in [9.17, 15) is 15.3 Å². The van der Waals surface area contributed by atoms with Gasteiger partial charge in [-0.1, -0.05) is 23.7 Å². The molecule has 1 saturated carbocycles. The molecule has 0 unspecified atom stereocenters. The van der Waals surface area contributed by atoms with Crippen LogP contribution in [0.4, 0.5) is 0 Å². The van der Waals surface area contributed by atoms with E-state index >= 15 is 0 Å². The molecule has 0 aliphatic heterocycles. The topological polar surface area (TPSA) is 60.7 Å². The van der Waals surface area contributed by atoms with Crippen molar-refractivity contribution >= 4 is 11.6 Å². The Morgan fingerprint density at radius 2 is 1.27 bits per heavy atom. The summed E-state index contributed by atoms with van der Waals surface area (Å²) in [6.45, 7) is 0. The molecule has 116 valence electrons. The van der Waals surface area contributed by atoms with Gasteiger partial charge in [-0.3, -0.25) is 0 Å². The van der Waals surface area contributed by atoms with E-state index in [0.29, 0.717) is 11.5 Å². The first-order valence-corrected chi connectivity index (χ1v) is 7.93. The van der Waals surface area contributed by atoms with Crippen LogP contribution in [0.5, 0.6) is 17.2 Å². The quantitative estimate of drug-likeness (QED) is 0.545. The van der Waals surface area contributed by atoms with Crippen molar-refractivity contribution in [1.29, 1.82) is 0 Å². The number of aromatic hydroxyl groups is 3. The monoisotopic (exact) mass is 318 g/mol. The fraction of sp³-hybridized carbons (Fsp3) is 0.333. The van der Waals surface area contributed by atoms with E-state index in [2.05, 4.69) is 12.1 Å². The zero-order valence-corrected chi connectivity index (χ0v) is 12.9. The highest BCUT2D eigenvalue weighted by Gasteiger charge is 2.28. The Hall–Kier alpha value is -1.87. The van der Waals surface area contributed by atoms with Crippen molar-refractivity contribution in [3.05, 3.63) is 52.5 Å². The van der Waals surface area contributed by atoms with Crippen molar-refractivity contribution in [2.45, 2.75) is 37.5 Å². The van der Waals surface area contributed by atoms with Gasteiger partial charge in [0.2, 0.25) is 0 Å². The lowest BCUT2D eigenvalue weighted by molar-refractivity contribution is 0.352. The van der Waals surface area contributed by atoms with Crippen LogP contribution in [0.25, 0.3) is 0 Å². The van der Waals surface area contributed by atoms with Crippen LogP contribution in [0.15, 0.2) is 36.4 Å². The molecule has 0 spiro atoms. The lowest BCUT2D eigenvalue weighted by atomic mass is 9.75. The minimum absolute atomic E-state index is 0.0604. The first kappa shape index (κ1) is 15.0. The molecular formula is C18H19ClO3. The third kappa shape index (κ3) is 2.86.